The summed E-state index contributed by atoms with van der Waals surface area (Å²) in [5.74, 6) is -0.464. The molecule has 0 N–H and O–H groups in total. The van der Waals surface area contributed by atoms with Crippen molar-refractivity contribution in [2.24, 2.45) is 0 Å². The van der Waals surface area contributed by atoms with Crippen molar-refractivity contribution in [3.8, 4) is 0 Å². The number of oxazole rings is 1. The minimum Gasteiger partial charge on any atom is -0.407 e. The zero-order valence-electron chi connectivity index (χ0n) is 15.6. The molecule has 0 spiro atoms. The van der Waals surface area contributed by atoms with Gasteiger partial charge in [0, 0.05) is 32.1 Å². The fourth-order valence-corrected chi connectivity index (χ4v) is 3.79. The molecule has 0 aliphatic heterocycles. The highest BCUT2D eigenvalue weighted by Gasteiger charge is 2.21. The number of nitrogens with zero attached hydrogens (tertiary/aromatic N) is 3. The summed E-state index contributed by atoms with van der Waals surface area (Å²) in [6, 6.07) is 4.42. The van der Waals surface area contributed by atoms with Gasteiger partial charge in [-0.25, -0.2) is 4.79 Å². The number of rotatable bonds is 6. The fourth-order valence-electron chi connectivity index (χ4n) is 3.79. The standard InChI is InChI=1S/C19H25N3O5/c1-20(14-7-4-2-3-5-8-14)18(23)9-6-12-21-16-11-10-15(22(25)26)13-17(16)27-19(21)24/h10-11,13-14H,2-9,12H2,1H3. The highest BCUT2D eigenvalue weighted by molar-refractivity contribution is 5.77. The second-order valence-electron chi connectivity index (χ2n) is 7.18. The van der Waals surface area contributed by atoms with E-state index in [1.54, 1.807) is 0 Å². The first-order chi connectivity index (χ1) is 13.0. The number of hydrogen-bond donors (Lipinski definition) is 0. The molecular formula is C19H25N3O5. The smallest absolute Gasteiger partial charge is 0.407 e. The highest BCUT2D eigenvalue weighted by Crippen LogP contribution is 2.22. The molecule has 0 unspecified atom stereocenters. The number of hydrogen-bond acceptors (Lipinski definition) is 5. The summed E-state index contributed by atoms with van der Waals surface area (Å²) in [6.45, 7) is 0.341. The number of benzene rings is 1. The zero-order chi connectivity index (χ0) is 19.4. The molecule has 8 nitrogen and oxygen atoms in total. The zero-order valence-corrected chi connectivity index (χ0v) is 15.6. The molecule has 1 aromatic heterocycles. The average Bonchev–Trinajstić information content (AvgIpc) is 2.82. The lowest BCUT2D eigenvalue weighted by atomic mass is 10.1. The minimum atomic E-state index is -0.560. The van der Waals surface area contributed by atoms with E-state index >= 15 is 0 Å². The van der Waals surface area contributed by atoms with Gasteiger partial charge in [0.25, 0.3) is 5.69 Å². The van der Waals surface area contributed by atoms with Crippen molar-refractivity contribution in [3.63, 3.8) is 0 Å². The Labute approximate surface area is 156 Å². The maximum absolute atomic E-state index is 12.5. The van der Waals surface area contributed by atoms with Gasteiger partial charge in [-0.1, -0.05) is 25.7 Å². The van der Waals surface area contributed by atoms with E-state index < -0.39 is 10.7 Å². The summed E-state index contributed by atoms with van der Waals surface area (Å²) in [4.78, 5) is 36.7. The van der Waals surface area contributed by atoms with Crippen molar-refractivity contribution in [1.29, 1.82) is 0 Å². The van der Waals surface area contributed by atoms with Crippen LogP contribution in [0.15, 0.2) is 27.4 Å². The van der Waals surface area contributed by atoms with E-state index in [9.17, 15) is 19.7 Å². The number of aryl methyl sites for hydroxylation is 1. The first kappa shape index (κ1) is 19.1. The Hall–Kier alpha value is -2.64. The second kappa shape index (κ2) is 8.37. The maximum atomic E-state index is 12.5. The van der Waals surface area contributed by atoms with Crippen molar-refractivity contribution in [2.75, 3.05) is 7.05 Å². The fraction of sp³-hybridized carbons (Fsp3) is 0.579. The minimum absolute atomic E-state index is 0.0957. The van der Waals surface area contributed by atoms with Crippen LogP contribution in [0.1, 0.15) is 51.4 Å². The molecule has 1 aromatic carbocycles. The van der Waals surface area contributed by atoms with Gasteiger partial charge in [-0.3, -0.25) is 19.5 Å². The highest BCUT2D eigenvalue weighted by atomic mass is 16.6. The van der Waals surface area contributed by atoms with E-state index in [1.165, 1.54) is 48.4 Å². The van der Waals surface area contributed by atoms with Crippen molar-refractivity contribution >= 4 is 22.7 Å². The average molecular weight is 375 g/mol. The van der Waals surface area contributed by atoms with E-state index in [-0.39, 0.29) is 17.2 Å². The van der Waals surface area contributed by atoms with Crippen LogP contribution < -0.4 is 5.76 Å². The van der Waals surface area contributed by atoms with E-state index in [2.05, 4.69) is 0 Å². The van der Waals surface area contributed by atoms with Crippen LogP contribution >= 0.6 is 0 Å². The van der Waals surface area contributed by atoms with E-state index in [4.69, 9.17) is 4.42 Å². The van der Waals surface area contributed by atoms with Gasteiger partial charge in [-0.05, 0) is 25.3 Å². The van der Waals surface area contributed by atoms with Gasteiger partial charge in [-0.15, -0.1) is 0 Å². The number of carbonyl (C=O) groups excluding carboxylic acids is 1. The number of amides is 1. The Morgan fingerprint density at radius 2 is 2.00 bits per heavy atom. The third-order valence-electron chi connectivity index (χ3n) is 5.40. The lowest BCUT2D eigenvalue weighted by molar-refractivity contribution is -0.384. The molecule has 8 heteroatoms. The first-order valence-electron chi connectivity index (χ1n) is 9.51. The van der Waals surface area contributed by atoms with Crippen LogP contribution in [0.25, 0.3) is 11.1 Å². The second-order valence-corrected chi connectivity index (χ2v) is 7.18. The van der Waals surface area contributed by atoms with Crippen molar-refractivity contribution in [1.82, 2.24) is 9.47 Å². The summed E-state index contributed by atoms with van der Waals surface area (Å²) >= 11 is 0. The quantitative estimate of drug-likeness (QED) is 0.437. The van der Waals surface area contributed by atoms with Crippen LogP contribution in [-0.2, 0) is 11.3 Å². The first-order valence-corrected chi connectivity index (χ1v) is 9.51. The Morgan fingerprint density at radius 3 is 2.67 bits per heavy atom. The predicted octanol–water partition coefficient (Wildman–Crippen LogP) is 3.46. The molecule has 0 bridgehead atoms. The van der Waals surface area contributed by atoms with Gasteiger partial charge in [0.05, 0.1) is 16.5 Å². The molecule has 3 rings (SSSR count). The molecule has 27 heavy (non-hydrogen) atoms. The monoisotopic (exact) mass is 375 g/mol. The van der Waals surface area contributed by atoms with Crippen LogP contribution in [0.5, 0.6) is 0 Å². The van der Waals surface area contributed by atoms with Crippen LogP contribution in [0.2, 0.25) is 0 Å². The number of nitro benzene ring substituents is 1. The molecule has 0 radical (unpaired) electrons. The van der Waals surface area contributed by atoms with E-state index in [1.807, 2.05) is 11.9 Å². The summed E-state index contributed by atoms with van der Waals surface area (Å²) in [5.41, 5.74) is 0.579. The molecule has 1 aliphatic carbocycles. The van der Waals surface area contributed by atoms with Crippen LogP contribution in [0.3, 0.4) is 0 Å². The van der Waals surface area contributed by atoms with Gasteiger partial charge in [0.15, 0.2) is 5.58 Å². The molecular weight excluding hydrogens is 350 g/mol. The number of nitro groups is 1. The van der Waals surface area contributed by atoms with Gasteiger partial charge < -0.3 is 9.32 Å². The van der Waals surface area contributed by atoms with Crippen LogP contribution in [-0.4, -0.2) is 33.4 Å². The summed E-state index contributed by atoms with van der Waals surface area (Å²) in [5, 5.41) is 10.8. The van der Waals surface area contributed by atoms with Crippen molar-refractivity contribution in [2.45, 2.75) is 64.0 Å². The maximum Gasteiger partial charge on any atom is 0.419 e. The number of non-ortho nitro benzene ring substituents is 1. The van der Waals surface area contributed by atoms with Crippen molar-refractivity contribution < 1.29 is 14.1 Å². The molecule has 1 saturated carbocycles. The third kappa shape index (κ3) is 4.37. The summed E-state index contributed by atoms with van der Waals surface area (Å²) in [6.07, 6.45) is 7.83. The lowest BCUT2D eigenvalue weighted by Gasteiger charge is -2.27. The lowest BCUT2D eigenvalue weighted by Crippen LogP contribution is -2.36. The van der Waals surface area contributed by atoms with Gasteiger partial charge in [-0.2, -0.15) is 0 Å². The topological polar surface area (TPSA) is 98.6 Å². The summed E-state index contributed by atoms with van der Waals surface area (Å²) in [7, 11) is 1.87. The molecule has 1 heterocycles. The number of fused-ring (bicyclic) bond motifs is 1. The van der Waals surface area contributed by atoms with E-state index in [0.29, 0.717) is 30.9 Å². The number of aromatic nitrogens is 1. The normalized spacial score (nSPS) is 15.6. The Morgan fingerprint density at radius 1 is 1.30 bits per heavy atom. The summed E-state index contributed by atoms with van der Waals surface area (Å²) < 4.78 is 6.54. The van der Waals surface area contributed by atoms with Gasteiger partial charge in [0.1, 0.15) is 0 Å². The van der Waals surface area contributed by atoms with Gasteiger partial charge >= 0.3 is 5.76 Å². The number of carbonyl (C=O) groups is 1. The largest absolute Gasteiger partial charge is 0.419 e. The predicted molar refractivity (Wildman–Crippen MR) is 101 cm³/mol. The van der Waals surface area contributed by atoms with Crippen LogP contribution in [0, 0.1) is 10.1 Å². The molecule has 0 atom stereocenters. The van der Waals surface area contributed by atoms with Crippen LogP contribution in [0.4, 0.5) is 5.69 Å². The molecule has 1 aliphatic rings. The molecule has 1 amide bonds. The molecule has 1 fully saturated rings. The molecule has 2 aromatic rings. The van der Waals surface area contributed by atoms with Gasteiger partial charge in [0.2, 0.25) is 5.91 Å². The van der Waals surface area contributed by atoms with E-state index in [0.717, 1.165) is 12.8 Å². The Bertz CT molecular complexity index is 877. The SMILES string of the molecule is CN(C(=O)CCCn1c(=O)oc2cc([N+](=O)[O-])ccc21)C1CCCCCC1. The molecule has 0 saturated heterocycles. The molecule has 146 valence electrons. The Kier molecular flexibility index (Phi) is 5.93. The van der Waals surface area contributed by atoms with Crippen molar-refractivity contribution in [3.05, 3.63) is 38.9 Å². The third-order valence-corrected chi connectivity index (χ3v) is 5.40. The Balaban J connectivity index is 1.61.